The Kier molecular flexibility index (Phi) is 2.45. The van der Waals surface area contributed by atoms with Crippen molar-refractivity contribution in [3.05, 3.63) is 57.6 Å². The van der Waals surface area contributed by atoms with E-state index in [0.717, 1.165) is 11.3 Å². The van der Waals surface area contributed by atoms with Gasteiger partial charge in [0.15, 0.2) is 5.65 Å². The molecule has 1 aromatic carbocycles. The van der Waals surface area contributed by atoms with Crippen LogP contribution in [0.5, 0.6) is 0 Å². The molecular weight excluding hydrogens is 250 g/mol. The third kappa shape index (κ3) is 1.54. The lowest BCUT2D eigenvalue weighted by molar-refractivity contribution is 0.989. The number of fused-ring (bicyclic) bond motifs is 1. The highest BCUT2D eigenvalue weighted by Gasteiger charge is 2.12. The number of rotatable bonds is 1. The first kappa shape index (κ1) is 11.0. The molecule has 2 aromatic heterocycles. The standard InChI is InChI=1S/C13H10ClN3O/c1-8-9(14)4-2-6-11(8)17-12-10(16-13(17)18)5-3-7-15-12/h2-7H,1H3,(H,16,18). The SMILES string of the molecule is Cc1c(Cl)cccc1-n1c(=O)[nH]c2cccnc21. The maximum Gasteiger partial charge on any atom is 0.332 e. The maximum absolute atomic E-state index is 12.0. The Labute approximate surface area is 108 Å². The average Bonchev–Trinajstić information content (AvgIpc) is 2.69. The molecule has 18 heavy (non-hydrogen) atoms. The zero-order valence-electron chi connectivity index (χ0n) is 9.64. The summed E-state index contributed by atoms with van der Waals surface area (Å²) >= 11 is 6.09. The maximum atomic E-state index is 12.0. The second kappa shape index (κ2) is 3.99. The van der Waals surface area contributed by atoms with Crippen LogP contribution in [-0.2, 0) is 0 Å². The van der Waals surface area contributed by atoms with Crippen LogP contribution in [-0.4, -0.2) is 14.5 Å². The van der Waals surface area contributed by atoms with E-state index in [1.165, 1.54) is 4.57 Å². The molecule has 0 spiro atoms. The van der Waals surface area contributed by atoms with E-state index in [0.29, 0.717) is 16.2 Å². The van der Waals surface area contributed by atoms with Gasteiger partial charge in [-0.2, -0.15) is 0 Å². The van der Waals surface area contributed by atoms with Crippen molar-refractivity contribution in [3.63, 3.8) is 0 Å². The smallest absolute Gasteiger partial charge is 0.304 e. The molecule has 1 N–H and O–H groups in total. The van der Waals surface area contributed by atoms with Crippen molar-refractivity contribution in [3.8, 4) is 5.69 Å². The lowest BCUT2D eigenvalue weighted by atomic mass is 10.2. The number of nitrogens with zero attached hydrogens (tertiary/aromatic N) is 2. The van der Waals surface area contributed by atoms with E-state index in [1.54, 1.807) is 18.3 Å². The van der Waals surface area contributed by atoms with Gasteiger partial charge in [-0.15, -0.1) is 0 Å². The topological polar surface area (TPSA) is 50.7 Å². The van der Waals surface area contributed by atoms with Crippen molar-refractivity contribution in [2.45, 2.75) is 6.92 Å². The number of nitrogens with one attached hydrogen (secondary N) is 1. The Morgan fingerprint density at radius 3 is 2.94 bits per heavy atom. The summed E-state index contributed by atoms with van der Waals surface area (Å²) in [4.78, 5) is 19.0. The van der Waals surface area contributed by atoms with Crippen molar-refractivity contribution in [1.82, 2.24) is 14.5 Å². The Morgan fingerprint density at radius 2 is 2.11 bits per heavy atom. The van der Waals surface area contributed by atoms with Crippen LogP contribution in [0.4, 0.5) is 0 Å². The van der Waals surface area contributed by atoms with Crippen molar-refractivity contribution >= 4 is 22.8 Å². The number of pyridine rings is 1. The highest BCUT2D eigenvalue weighted by Crippen LogP contribution is 2.23. The summed E-state index contributed by atoms with van der Waals surface area (Å²) < 4.78 is 1.54. The fraction of sp³-hybridized carbons (Fsp3) is 0.0769. The number of aromatic amines is 1. The lowest BCUT2D eigenvalue weighted by Crippen LogP contribution is -2.16. The first-order chi connectivity index (χ1) is 8.68. The first-order valence-electron chi connectivity index (χ1n) is 5.50. The van der Waals surface area contributed by atoms with Gasteiger partial charge in [0.1, 0.15) is 0 Å². The van der Waals surface area contributed by atoms with Gasteiger partial charge in [-0.05, 0) is 36.8 Å². The predicted molar refractivity (Wildman–Crippen MR) is 71.4 cm³/mol. The predicted octanol–water partition coefficient (Wildman–Crippen LogP) is 2.68. The number of imidazole rings is 1. The van der Waals surface area contributed by atoms with E-state index in [1.807, 2.05) is 25.1 Å². The van der Waals surface area contributed by atoms with Crippen molar-refractivity contribution in [1.29, 1.82) is 0 Å². The summed E-state index contributed by atoms with van der Waals surface area (Å²) in [6.07, 6.45) is 1.66. The molecule has 3 aromatic rings. The highest BCUT2D eigenvalue weighted by atomic mass is 35.5. The van der Waals surface area contributed by atoms with E-state index in [-0.39, 0.29) is 5.69 Å². The zero-order chi connectivity index (χ0) is 12.7. The van der Waals surface area contributed by atoms with E-state index >= 15 is 0 Å². The molecule has 0 aliphatic heterocycles. The van der Waals surface area contributed by atoms with Gasteiger partial charge in [-0.1, -0.05) is 17.7 Å². The molecule has 2 heterocycles. The van der Waals surface area contributed by atoms with Gasteiger partial charge < -0.3 is 4.98 Å². The average molecular weight is 260 g/mol. The lowest BCUT2D eigenvalue weighted by Gasteiger charge is -2.07. The Bertz CT molecular complexity index is 788. The minimum absolute atomic E-state index is 0.214. The minimum atomic E-state index is -0.214. The normalized spacial score (nSPS) is 11.0. The number of aromatic nitrogens is 3. The number of hydrogen-bond donors (Lipinski definition) is 1. The van der Waals surface area contributed by atoms with Crippen LogP contribution in [0.15, 0.2) is 41.3 Å². The second-order valence-electron chi connectivity index (χ2n) is 4.02. The number of halogens is 1. The molecule has 0 saturated carbocycles. The third-order valence-corrected chi connectivity index (χ3v) is 3.33. The van der Waals surface area contributed by atoms with Gasteiger partial charge in [0.05, 0.1) is 11.2 Å². The molecule has 0 bridgehead atoms. The summed E-state index contributed by atoms with van der Waals surface area (Å²) in [5.74, 6) is 0. The van der Waals surface area contributed by atoms with E-state index in [9.17, 15) is 4.79 Å². The Morgan fingerprint density at radius 1 is 1.28 bits per heavy atom. The van der Waals surface area contributed by atoms with Gasteiger partial charge in [0, 0.05) is 11.2 Å². The highest BCUT2D eigenvalue weighted by molar-refractivity contribution is 6.31. The van der Waals surface area contributed by atoms with Crippen molar-refractivity contribution in [2.75, 3.05) is 0 Å². The summed E-state index contributed by atoms with van der Waals surface area (Å²) in [5, 5.41) is 0.629. The summed E-state index contributed by atoms with van der Waals surface area (Å²) in [6, 6.07) is 9.07. The van der Waals surface area contributed by atoms with Crippen molar-refractivity contribution < 1.29 is 0 Å². The van der Waals surface area contributed by atoms with Crippen LogP contribution in [0, 0.1) is 6.92 Å². The molecule has 0 fully saturated rings. The Hall–Kier alpha value is -2.07. The molecule has 0 unspecified atom stereocenters. The molecule has 0 saturated heterocycles. The van der Waals surface area contributed by atoms with Crippen molar-refractivity contribution in [2.24, 2.45) is 0 Å². The number of H-pyrrole nitrogens is 1. The largest absolute Gasteiger partial charge is 0.332 e. The molecular formula is C13H10ClN3O. The molecule has 0 radical (unpaired) electrons. The van der Waals surface area contributed by atoms with Crippen LogP contribution < -0.4 is 5.69 Å². The van der Waals surface area contributed by atoms with Crippen LogP contribution >= 0.6 is 11.6 Å². The van der Waals surface area contributed by atoms with Crippen LogP contribution in [0.1, 0.15) is 5.56 Å². The molecule has 3 rings (SSSR count). The summed E-state index contributed by atoms with van der Waals surface area (Å²) in [5.41, 5.74) is 2.70. The molecule has 90 valence electrons. The van der Waals surface area contributed by atoms with Gasteiger partial charge in [0.25, 0.3) is 0 Å². The fourth-order valence-electron chi connectivity index (χ4n) is 2.00. The minimum Gasteiger partial charge on any atom is -0.304 e. The number of benzene rings is 1. The van der Waals surface area contributed by atoms with Crippen LogP contribution in [0.2, 0.25) is 5.02 Å². The molecule has 0 amide bonds. The summed E-state index contributed by atoms with van der Waals surface area (Å²) in [6.45, 7) is 1.88. The Balaban J connectivity index is 2.42. The molecule has 0 aliphatic carbocycles. The summed E-state index contributed by atoms with van der Waals surface area (Å²) in [7, 11) is 0. The van der Waals surface area contributed by atoms with E-state index < -0.39 is 0 Å². The molecule has 0 aliphatic rings. The van der Waals surface area contributed by atoms with Gasteiger partial charge in [0.2, 0.25) is 0 Å². The quantitative estimate of drug-likeness (QED) is 0.730. The van der Waals surface area contributed by atoms with Gasteiger partial charge in [-0.3, -0.25) is 0 Å². The van der Waals surface area contributed by atoms with E-state index in [4.69, 9.17) is 11.6 Å². The monoisotopic (exact) mass is 259 g/mol. The van der Waals surface area contributed by atoms with Gasteiger partial charge >= 0.3 is 5.69 Å². The molecule has 5 heteroatoms. The fourth-order valence-corrected chi connectivity index (χ4v) is 2.17. The van der Waals surface area contributed by atoms with Gasteiger partial charge in [-0.25, -0.2) is 14.3 Å². The third-order valence-electron chi connectivity index (χ3n) is 2.92. The first-order valence-corrected chi connectivity index (χ1v) is 5.87. The van der Waals surface area contributed by atoms with Crippen LogP contribution in [0.3, 0.4) is 0 Å². The second-order valence-corrected chi connectivity index (χ2v) is 4.43. The molecule has 4 nitrogen and oxygen atoms in total. The van der Waals surface area contributed by atoms with Crippen LogP contribution in [0.25, 0.3) is 16.9 Å². The zero-order valence-corrected chi connectivity index (χ0v) is 10.4. The molecule has 0 atom stereocenters. The van der Waals surface area contributed by atoms with E-state index in [2.05, 4.69) is 9.97 Å². The number of hydrogen-bond acceptors (Lipinski definition) is 2.